The van der Waals surface area contributed by atoms with Gasteiger partial charge in [0.2, 0.25) is 0 Å². The molecule has 2 atom stereocenters. The molecule has 2 aromatic rings. The SMILES string of the molecule is C=C(/C=C/c1ccc(CNCCC2c3ccccc3NC2C)cc1)NI. The monoisotopic (exact) mass is 459 g/mol. The van der Waals surface area contributed by atoms with E-state index < -0.39 is 0 Å². The zero-order chi connectivity index (χ0) is 18.4. The second kappa shape index (κ2) is 9.24. The molecule has 136 valence electrons. The first kappa shape index (κ1) is 19.0. The fourth-order valence-corrected chi connectivity index (χ4v) is 3.62. The van der Waals surface area contributed by atoms with Crippen molar-refractivity contribution in [1.82, 2.24) is 8.85 Å². The van der Waals surface area contributed by atoms with Gasteiger partial charge in [0.15, 0.2) is 0 Å². The molecular weight excluding hydrogens is 433 g/mol. The third-order valence-electron chi connectivity index (χ3n) is 4.89. The number of hydrogen-bond acceptors (Lipinski definition) is 3. The number of fused-ring (bicyclic) bond motifs is 1. The van der Waals surface area contributed by atoms with Gasteiger partial charge in [-0.25, -0.2) is 0 Å². The van der Waals surface area contributed by atoms with Crippen LogP contribution in [0.3, 0.4) is 0 Å². The van der Waals surface area contributed by atoms with Crippen molar-refractivity contribution in [2.24, 2.45) is 0 Å². The molecule has 0 bridgehead atoms. The molecule has 26 heavy (non-hydrogen) atoms. The molecule has 0 spiro atoms. The zero-order valence-electron chi connectivity index (χ0n) is 15.1. The van der Waals surface area contributed by atoms with Gasteiger partial charge in [-0.2, -0.15) is 0 Å². The molecule has 0 saturated heterocycles. The average Bonchev–Trinajstić information content (AvgIpc) is 2.99. The van der Waals surface area contributed by atoms with Gasteiger partial charge >= 0.3 is 0 Å². The van der Waals surface area contributed by atoms with Gasteiger partial charge in [0, 0.05) is 29.9 Å². The first-order valence-corrected chi connectivity index (χ1v) is 10.1. The minimum Gasteiger partial charge on any atom is -0.382 e. The van der Waals surface area contributed by atoms with Crippen LogP contribution in [0.2, 0.25) is 0 Å². The van der Waals surface area contributed by atoms with E-state index in [2.05, 4.69) is 105 Å². The Bertz CT molecular complexity index is 767. The fraction of sp³-hybridized carbons (Fsp3) is 0.273. The van der Waals surface area contributed by atoms with Crippen molar-refractivity contribution in [2.75, 3.05) is 11.9 Å². The molecule has 0 aliphatic carbocycles. The zero-order valence-corrected chi connectivity index (χ0v) is 17.3. The highest BCUT2D eigenvalue weighted by Gasteiger charge is 2.27. The Labute approximate surface area is 170 Å². The Balaban J connectivity index is 1.45. The van der Waals surface area contributed by atoms with Crippen LogP contribution in [0.25, 0.3) is 6.08 Å². The van der Waals surface area contributed by atoms with Crippen LogP contribution in [0.4, 0.5) is 5.69 Å². The summed E-state index contributed by atoms with van der Waals surface area (Å²) >= 11 is 2.08. The smallest absolute Gasteiger partial charge is 0.0560 e. The number of rotatable bonds is 8. The number of para-hydroxylation sites is 1. The maximum absolute atomic E-state index is 3.89. The first-order valence-electron chi connectivity index (χ1n) is 9.06. The van der Waals surface area contributed by atoms with Crippen LogP contribution in [0.1, 0.15) is 36.0 Å². The van der Waals surface area contributed by atoms with Crippen LogP contribution in [0.5, 0.6) is 0 Å². The quantitative estimate of drug-likeness (QED) is 0.219. The van der Waals surface area contributed by atoms with Crippen LogP contribution in [0.15, 0.2) is 66.9 Å². The van der Waals surface area contributed by atoms with E-state index in [9.17, 15) is 0 Å². The molecular formula is C22H26IN3. The number of hydrogen-bond donors (Lipinski definition) is 3. The summed E-state index contributed by atoms with van der Waals surface area (Å²) in [6.45, 7) is 8.09. The molecule has 0 amide bonds. The lowest BCUT2D eigenvalue weighted by molar-refractivity contribution is 0.541. The summed E-state index contributed by atoms with van der Waals surface area (Å²) in [5.41, 5.74) is 6.15. The molecule has 0 radical (unpaired) electrons. The van der Waals surface area contributed by atoms with Gasteiger partial charge in [-0.1, -0.05) is 55.1 Å². The Morgan fingerprint density at radius 3 is 2.73 bits per heavy atom. The molecule has 1 aliphatic rings. The van der Waals surface area contributed by atoms with Gasteiger partial charge in [0.1, 0.15) is 0 Å². The van der Waals surface area contributed by atoms with E-state index in [1.807, 2.05) is 6.08 Å². The van der Waals surface area contributed by atoms with Crippen molar-refractivity contribution >= 4 is 34.6 Å². The highest BCUT2D eigenvalue weighted by Crippen LogP contribution is 2.37. The lowest BCUT2D eigenvalue weighted by Crippen LogP contribution is -2.22. The predicted octanol–water partition coefficient (Wildman–Crippen LogP) is 5.23. The largest absolute Gasteiger partial charge is 0.382 e. The molecule has 1 aliphatic heterocycles. The lowest BCUT2D eigenvalue weighted by atomic mass is 9.93. The van der Waals surface area contributed by atoms with E-state index in [0.29, 0.717) is 12.0 Å². The molecule has 2 aromatic carbocycles. The molecule has 0 saturated carbocycles. The summed E-state index contributed by atoms with van der Waals surface area (Å²) in [5, 5.41) is 7.18. The summed E-state index contributed by atoms with van der Waals surface area (Å²) < 4.78 is 2.99. The van der Waals surface area contributed by atoms with Crippen LogP contribution in [0, 0.1) is 0 Å². The molecule has 3 N–H and O–H groups in total. The summed E-state index contributed by atoms with van der Waals surface area (Å²) in [5.74, 6) is 0.589. The number of allylic oxidation sites excluding steroid dienone is 1. The molecule has 3 nitrogen and oxygen atoms in total. The Hall–Kier alpha value is -1.79. The van der Waals surface area contributed by atoms with Crippen molar-refractivity contribution in [1.29, 1.82) is 0 Å². The van der Waals surface area contributed by atoms with E-state index in [-0.39, 0.29) is 0 Å². The van der Waals surface area contributed by atoms with Gasteiger partial charge in [-0.3, -0.25) is 0 Å². The second-order valence-electron chi connectivity index (χ2n) is 6.79. The minimum absolute atomic E-state index is 0.507. The third-order valence-corrected chi connectivity index (χ3v) is 5.58. The van der Waals surface area contributed by atoms with Gasteiger partial charge in [-0.15, -0.1) is 0 Å². The predicted molar refractivity (Wildman–Crippen MR) is 120 cm³/mol. The average molecular weight is 459 g/mol. The topological polar surface area (TPSA) is 36.1 Å². The Morgan fingerprint density at radius 1 is 1.19 bits per heavy atom. The highest BCUT2D eigenvalue weighted by atomic mass is 127. The molecule has 1 heterocycles. The van der Waals surface area contributed by atoms with E-state index in [1.54, 1.807) is 0 Å². The van der Waals surface area contributed by atoms with Gasteiger partial charge in [-0.05, 0) is 48.7 Å². The van der Waals surface area contributed by atoms with E-state index in [4.69, 9.17) is 0 Å². The molecule has 2 unspecified atom stereocenters. The Morgan fingerprint density at radius 2 is 1.96 bits per heavy atom. The maximum Gasteiger partial charge on any atom is 0.0560 e. The maximum atomic E-state index is 3.89. The van der Waals surface area contributed by atoms with Crippen LogP contribution >= 0.6 is 22.9 Å². The normalized spacial score (nSPS) is 18.5. The van der Waals surface area contributed by atoms with Gasteiger partial charge in [0.25, 0.3) is 0 Å². The summed E-state index contributed by atoms with van der Waals surface area (Å²) in [4.78, 5) is 0. The summed E-state index contributed by atoms with van der Waals surface area (Å²) in [6, 6.07) is 17.8. The molecule has 0 aromatic heterocycles. The number of halogens is 1. The van der Waals surface area contributed by atoms with E-state index in [1.165, 1.54) is 22.4 Å². The van der Waals surface area contributed by atoms with E-state index in [0.717, 1.165) is 25.2 Å². The Kier molecular flexibility index (Phi) is 6.74. The second-order valence-corrected chi connectivity index (χ2v) is 7.33. The first-order chi connectivity index (χ1) is 12.7. The summed E-state index contributed by atoms with van der Waals surface area (Å²) in [6.07, 6.45) is 5.20. The number of nitrogens with one attached hydrogen (secondary N) is 3. The number of anilines is 1. The van der Waals surface area contributed by atoms with E-state index >= 15 is 0 Å². The number of benzene rings is 2. The van der Waals surface area contributed by atoms with Crippen LogP contribution < -0.4 is 14.2 Å². The van der Waals surface area contributed by atoms with Crippen LogP contribution in [-0.2, 0) is 6.54 Å². The van der Waals surface area contributed by atoms with Gasteiger partial charge in [0.05, 0.1) is 22.9 Å². The van der Waals surface area contributed by atoms with Crippen molar-refractivity contribution in [3.63, 3.8) is 0 Å². The lowest BCUT2D eigenvalue weighted by Gasteiger charge is -2.16. The van der Waals surface area contributed by atoms with Crippen molar-refractivity contribution in [3.05, 3.63) is 83.6 Å². The summed E-state index contributed by atoms with van der Waals surface area (Å²) in [7, 11) is 0. The molecule has 3 rings (SSSR count). The molecule has 0 fully saturated rings. The standard InChI is InChI=1S/C22H26IN3/c1-16(26-23)7-8-18-9-11-19(12-10-18)15-24-14-13-20-17(2)25-22-6-4-3-5-21(20)22/h3-12,17,20,24-26H,1,13-15H2,2H3/b8-7+. The van der Waals surface area contributed by atoms with Crippen molar-refractivity contribution < 1.29 is 0 Å². The van der Waals surface area contributed by atoms with Gasteiger partial charge < -0.3 is 14.2 Å². The third kappa shape index (κ3) is 4.89. The fourth-order valence-electron chi connectivity index (χ4n) is 3.44. The highest BCUT2D eigenvalue weighted by molar-refractivity contribution is 14.1. The minimum atomic E-state index is 0.507. The van der Waals surface area contributed by atoms with Crippen molar-refractivity contribution in [2.45, 2.75) is 31.8 Å². The van der Waals surface area contributed by atoms with Crippen LogP contribution in [-0.4, -0.2) is 12.6 Å². The van der Waals surface area contributed by atoms with Crippen molar-refractivity contribution in [3.8, 4) is 0 Å². The molecule has 4 heteroatoms.